The van der Waals surface area contributed by atoms with Crippen LogP contribution in [0.4, 0.5) is 13.2 Å². The van der Waals surface area contributed by atoms with Crippen LogP contribution in [-0.4, -0.2) is 11.3 Å². The van der Waals surface area contributed by atoms with Gasteiger partial charge in [0.25, 0.3) is 0 Å². The molecule has 0 aromatic carbocycles. The van der Waals surface area contributed by atoms with Crippen LogP contribution in [0.25, 0.3) is 0 Å². The maximum Gasteiger partial charge on any atom is 0.574 e. The topological polar surface area (TPSA) is 22.1 Å². The van der Waals surface area contributed by atoms with E-state index in [1.165, 1.54) is 12.1 Å². The fraction of sp³-hybridized carbons (Fsp3) is 0.500. The first-order valence-electron chi connectivity index (χ1n) is 4.52. The molecule has 0 saturated heterocycles. The van der Waals surface area contributed by atoms with E-state index in [1.807, 2.05) is 20.8 Å². The quantitative estimate of drug-likeness (QED) is 0.708. The highest BCUT2D eigenvalue weighted by atomic mass is 35.5. The van der Waals surface area contributed by atoms with Gasteiger partial charge >= 0.3 is 6.36 Å². The normalized spacial score (nSPS) is 12.7. The Kier molecular flexibility index (Phi) is 3.38. The summed E-state index contributed by atoms with van der Waals surface area (Å²) in [4.78, 5) is 3.46. The standard InChI is InChI=1S/C10H11ClF3NO/c1-9(2,3)6-4-7(11)15-8(5-6)16-10(12,13)14/h4-5H,1-3H3. The summed E-state index contributed by atoms with van der Waals surface area (Å²) in [5, 5.41) is -0.0216. The van der Waals surface area contributed by atoms with Crippen molar-refractivity contribution in [3.05, 3.63) is 22.8 Å². The number of hydrogen-bond donors (Lipinski definition) is 0. The molecular weight excluding hydrogens is 243 g/mol. The molecule has 1 aromatic rings. The van der Waals surface area contributed by atoms with E-state index in [1.54, 1.807) is 0 Å². The second-order valence-corrected chi connectivity index (χ2v) is 4.70. The van der Waals surface area contributed by atoms with E-state index in [2.05, 4.69) is 9.72 Å². The van der Waals surface area contributed by atoms with Crippen LogP contribution in [0.3, 0.4) is 0 Å². The molecule has 16 heavy (non-hydrogen) atoms. The van der Waals surface area contributed by atoms with Gasteiger partial charge in [0.05, 0.1) is 0 Å². The maximum absolute atomic E-state index is 12.0. The van der Waals surface area contributed by atoms with Gasteiger partial charge in [0, 0.05) is 6.07 Å². The number of hydrogen-bond acceptors (Lipinski definition) is 2. The third-order valence-corrected chi connectivity index (χ3v) is 2.05. The van der Waals surface area contributed by atoms with Crippen LogP contribution in [0.1, 0.15) is 26.3 Å². The van der Waals surface area contributed by atoms with Gasteiger partial charge in [-0.3, -0.25) is 0 Å². The number of nitrogens with zero attached hydrogens (tertiary/aromatic N) is 1. The predicted octanol–water partition coefficient (Wildman–Crippen LogP) is 3.93. The van der Waals surface area contributed by atoms with Crippen molar-refractivity contribution in [2.75, 3.05) is 0 Å². The predicted molar refractivity (Wildman–Crippen MR) is 54.6 cm³/mol. The number of alkyl halides is 3. The van der Waals surface area contributed by atoms with E-state index < -0.39 is 12.2 Å². The van der Waals surface area contributed by atoms with Gasteiger partial charge in [-0.25, -0.2) is 4.98 Å². The smallest absolute Gasteiger partial charge is 0.388 e. The van der Waals surface area contributed by atoms with Crippen molar-refractivity contribution in [3.8, 4) is 5.88 Å². The van der Waals surface area contributed by atoms with Crippen molar-refractivity contribution in [2.24, 2.45) is 0 Å². The molecule has 90 valence electrons. The van der Waals surface area contributed by atoms with Crippen molar-refractivity contribution in [2.45, 2.75) is 32.5 Å². The molecule has 0 atom stereocenters. The Morgan fingerprint density at radius 3 is 2.19 bits per heavy atom. The summed E-state index contributed by atoms with van der Waals surface area (Å²) in [7, 11) is 0. The van der Waals surface area contributed by atoms with E-state index in [9.17, 15) is 13.2 Å². The molecular formula is C10H11ClF3NO. The summed E-state index contributed by atoms with van der Waals surface area (Å²) >= 11 is 5.63. The minimum absolute atomic E-state index is 0.0216. The summed E-state index contributed by atoms with van der Waals surface area (Å²) in [6.07, 6.45) is -4.76. The van der Waals surface area contributed by atoms with Gasteiger partial charge in [-0.2, -0.15) is 0 Å². The third kappa shape index (κ3) is 3.89. The fourth-order valence-electron chi connectivity index (χ4n) is 1.08. The molecule has 0 radical (unpaired) electrons. The van der Waals surface area contributed by atoms with Crippen LogP contribution in [-0.2, 0) is 5.41 Å². The molecule has 0 N–H and O–H groups in total. The minimum Gasteiger partial charge on any atom is -0.388 e. The van der Waals surface area contributed by atoms with Gasteiger partial charge in [0.2, 0.25) is 5.88 Å². The molecule has 1 aromatic heterocycles. The van der Waals surface area contributed by atoms with Gasteiger partial charge < -0.3 is 4.74 Å². The van der Waals surface area contributed by atoms with Crippen molar-refractivity contribution < 1.29 is 17.9 Å². The average molecular weight is 254 g/mol. The first-order valence-corrected chi connectivity index (χ1v) is 4.89. The molecule has 1 rings (SSSR count). The molecule has 0 bridgehead atoms. The van der Waals surface area contributed by atoms with Crippen LogP contribution in [0.5, 0.6) is 5.88 Å². The number of aromatic nitrogens is 1. The minimum atomic E-state index is -4.76. The van der Waals surface area contributed by atoms with Crippen LogP contribution >= 0.6 is 11.6 Å². The molecule has 2 nitrogen and oxygen atoms in total. The summed E-state index contributed by atoms with van der Waals surface area (Å²) in [6.45, 7) is 5.57. The maximum atomic E-state index is 12.0. The lowest BCUT2D eigenvalue weighted by Gasteiger charge is -2.20. The zero-order valence-electron chi connectivity index (χ0n) is 9.02. The van der Waals surface area contributed by atoms with Crippen molar-refractivity contribution >= 4 is 11.6 Å². The van der Waals surface area contributed by atoms with Crippen molar-refractivity contribution in [3.63, 3.8) is 0 Å². The molecule has 0 saturated carbocycles. The summed E-state index contributed by atoms with van der Waals surface area (Å²) in [5.41, 5.74) is 0.308. The van der Waals surface area contributed by atoms with E-state index in [0.29, 0.717) is 5.56 Å². The summed E-state index contributed by atoms with van der Waals surface area (Å²) in [5.74, 6) is -0.537. The van der Waals surface area contributed by atoms with Gasteiger partial charge in [-0.1, -0.05) is 32.4 Å². The Hall–Kier alpha value is -0.970. The van der Waals surface area contributed by atoms with Crippen LogP contribution < -0.4 is 4.74 Å². The van der Waals surface area contributed by atoms with Crippen molar-refractivity contribution in [1.29, 1.82) is 0 Å². The van der Waals surface area contributed by atoms with Crippen molar-refractivity contribution in [1.82, 2.24) is 4.98 Å². The second-order valence-electron chi connectivity index (χ2n) is 4.31. The average Bonchev–Trinajstić information content (AvgIpc) is 1.97. The molecule has 0 aliphatic rings. The molecule has 0 unspecified atom stereocenters. The number of pyridine rings is 1. The molecule has 0 amide bonds. The van der Waals surface area contributed by atoms with Crippen LogP contribution in [0.2, 0.25) is 5.15 Å². The zero-order chi connectivity index (χ0) is 12.6. The number of ether oxygens (including phenoxy) is 1. The molecule has 0 aliphatic carbocycles. The van der Waals surface area contributed by atoms with Crippen LogP contribution in [0.15, 0.2) is 12.1 Å². The highest BCUT2D eigenvalue weighted by Crippen LogP contribution is 2.29. The highest BCUT2D eigenvalue weighted by Gasteiger charge is 2.32. The van der Waals surface area contributed by atoms with Crippen LogP contribution in [0, 0.1) is 0 Å². The van der Waals surface area contributed by atoms with E-state index in [4.69, 9.17) is 11.6 Å². The number of rotatable bonds is 1. The molecule has 0 spiro atoms. The molecule has 0 aliphatic heterocycles. The molecule has 6 heteroatoms. The zero-order valence-corrected chi connectivity index (χ0v) is 9.78. The fourth-order valence-corrected chi connectivity index (χ4v) is 1.28. The lowest BCUT2D eigenvalue weighted by molar-refractivity contribution is -0.276. The van der Waals surface area contributed by atoms with Gasteiger partial charge in [0.15, 0.2) is 0 Å². The van der Waals surface area contributed by atoms with E-state index in [0.717, 1.165) is 0 Å². The monoisotopic (exact) mass is 253 g/mol. The van der Waals surface area contributed by atoms with Gasteiger partial charge in [-0.05, 0) is 17.0 Å². The first kappa shape index (κ1) is 13.1. The Morgan fingerprint density at radius 1 is 1.19 bits per heavy atom. The summed E-state index contributed by atoms with van der Waals surface area (Å²) < 4.78 is 39.7. The Morgan fingerprint density at radius 2 is 1.75 bits per heavy atom. The third-order valence-electron chi connectivity index (χ3n) is 1.86. The molecule has 0 fully saturated rings. The Bertz CT molecular complexity index is 385. The van der Waals surface area contributed by atoms with E-state index in [-0.39, 0.29) is 10.6 Å². The lowest BCUT2D eigenvalue weighted by Crippen LogP contribution is -2.19. The SMILES string of the molecule is CC(C)(C)c1cc(Cl)nc(OC(F)(F)F)c1. The largest absolute Gasteiger partial charge is 0.574 e. The van der Waals surface area contributed by atoms with E-state index >= 15 is 0 Å². The first-order chi connectivity index (χ1) is 7.08. The second kappa shape index (κ2) is 4.13. The number of halogens is 4. The molecule has 1 heterocycles. The highest BCUT2D eigenvalue weighted by molar-refractivity contribution is 6.29. The van der Waals surface area contributed by atoms with Gasteiger partial charge in [0.1, 0.15) is 5.15 Å². The Labute approximate surface area is 96.4 Å². The lowest BCUT2D eigenvalue weighted by atomic mass is 9.88. The van der Waals surface area contributed by atoms with Gasteiger partial charge in [-0.15, -0.1) is 13.2 Å². The Balaban J connectivity index is 3.09. The summed E-state index contributed by atoms with van der Waals surface area (Å²) in [6, 6.07) is 2.75.